The van der Waals surface area contributed by atoms with Crippen LogP contribution < -0.4 is 25.0 Å². The van der Waals surface area contributed by atoms with Crippen LogP contribution >= 0.6 is 0 Å². The predicted molar refractivity (Wildman–Crippen MR) is 108 cm³/mol. The van der Waals surface area contributed by atoms with E-state index in [2.05, 4.69) is 10.6 Å². The molecule has 0 bridgehead atoms. The molecule has 8 nitrogen and oxygen atoms in total. The maximum absolute atomic E-state index is 12.4. The van der Waals surface area contributed by atoms with Gasteiger partial charge in [0.15, 0.2) is 0 Å². The number of ether oxygens (including phenoxy) is 2. The Hall–Kier alpha value is -3.55. The largest absolute Gasteiger partial charge is 0.497 e. The topological polar surface area (TPSA) is 97.0 Å². The average molecular weight is 397 g/mol. The zero-order chi connectivity index (χ0) is 20.8. The molecular weight excluding hydrogens is 374 g/mol. The lowest BCUT2D eigenvalue weighted by atomic mass is 10.1. The second-order valence-electron chi connectivity index (χ2n) is 6.57. The van der Waals surface area contributed by atoms with Gasteiger partial charge in [0.05, 0.1) is 32.4 Å². The van der Waals surface area contributed by atoms with Crippen molar-refractivity contribution in [1.82, 2.24) is 5.32 Å². The van der Waals surface area contributed by atoms with E-state index in [1.54, 1.807) is 23.1 Å². The number of para-hydroxylation sites is 1. The molecule has 0 unspecified atom stereocenters. The smallest absolute Gasteiger partial charge is 0.243 e. The monoisotopic (exact) mass is 397 g/mol. The van der Waals surface area contributed by atoms with Crippen LogP contribution in [0.4, 0.5) is 11.4 Å². The maximum atomic E-state index is 12.4. The zero-order valence-electron chi connectivity index (χ0n) is 16.3. The van der Waals surface area contributed by atoms with Gasteiger partial charge in [0.1, 0.15) is 11.5 Å². The van der Waals surface area contributed by atoms with Gasteiger partial charge in [-0.05, 0) is 24.3 Å². The maximum Gasteiger partial charge on any atom is 0.243 e. The molecular formula is C21H23N3O5. The van der Waals surface area contributed by atoms with Crippen LogP contribution in [-0.2, 0) is 14.4 Å². The fourth-order valence-electron chi connectivity index (χ4n) is 3.16. The third kappa shape index (κ3) is 4.84. The number of anilines is 2. The van der Waals surface area contributed by atoms with E-state index in [1.807, 2.05) is 30.3 Å². The molecule has 1 aliphatic heterocycles. The summed E-state index contributed by atoms with van der Waals surface area (Å²) in [6, 6.07) is 14.2. The van der Waals surface area contributed by atoms with Crippen molar-refractivity contribution in [1.29, 1.82) is 0 Å². The molecule has 0 radical (unpaired) electrons. The number of carbonyl (C=O) groups excluding carboxylic acids is 3. The SMILES string of the molecule is COc1ccc(OC)c(NC(=O)CNC(=O)[C@H]2CC(=O)N(c3ccccc3)C2)c1. The first-order valence-corrected chi connectivity index (χ1v) is 9.17. The summed E-state index contributed by atoms with van der Waals surface area (Å²) in [6.45, 7) is 0.0786. The van der Waals surface area contributed by atoms with Gasteiger partial charge < -0.3 is 25.0 Å². The molecule has 0 aliphatic carbocycles. The minimum Gasteiger partial charge on any atom is -0.497 e. The summed E-state index contributed by atoms with van der Waals surface area (Å²) in [6.07, 6.45) is 0.117. The Bertz CT molecular complexity index is 900. The van der Waals surface area contributed by atoms with Crippen LogP contribution in [0, 0.1) is 5.92 Å². The molecule has 1 aliphatic rings. The molecule has 0 spiro atoms. The highest BCUT2D eigenvalue weighted by Gasteiger charge is 2.35. The van der Waals surface area contributed by atoms with E-state index in [0.717, 1.165) is 5.69 Å². The van der Waals surface area contributed by atoms with Crippen molar-refractivity contribution in [2.75, 3.05) is 37.5 Å². The first-order valence-electron chi connectivity index (χ1n) is 9.17. The Balaban J connectivity index is 1.54. The van der Waals surface area contributed by atoms with Crippen LogP contribution in [0.5, 0.6) is 11.5 Å². The Morgan fingerprint density at radius 3 is 2.55 bits per heavy atom. The number of amides is 3. The molecule has 152 valence electrons. The number of rotatable bonds is 7. The molecule has 0 saturated carbocycles. The molecule has 1 heterocycles. The molecule has 2 aromatic rings. The highest BCUT2D eigenvalue weighted by molar-refractivity contribution is 6.01. The van der Waals surface area contributed by atoms with Crippen molar-refractivity contribution in [3.05, 3.63) is 48.5 Å². The standard InChI is InChI=1S/C21H23N3O5/c1-28-16-8-9-18(29-2)17(11-16)23-19(25)12-22-21(27)14-10-20(26)24(13-14)15-6-4-3-5-7-15/h3-9,11,14H,10,12-13H2,1-2H3,(H,22,27)(H,23,25)/t14-/m0/s1. The molecule has 3 amide bonds. The summed E-state index contributed by atoms with van der Waals surface area (Å²) in [7, 11) is 3.02. The summed E-state index contributed by atoms with van der Waals surface area (Å²) in [5, 5.41) is 5.29. The van der Waals surface area contributed by atoms with Crippen molar-refractivity contribution < 1.29 is 23.9 Å². The van der Waals surface area contributed by atoms with E-state index in [4.69, 9.17) is 9.47 Å². The molecule has 8 heteroatoms. The second-order valence-corrected chi connectivity index (χ2v) is 6.57. The minimum atomic E-state index is -0.498. The van der Waals surface area contributed by atoms with Gasteiger partial charge in [-0.15, -0.1) is 0 Å². The highest BCUT2D eigenvalue weighted by atomic mass is 16.5. The van der Waals surface area contributed by atoms with Gasteiger partial charge >= 0.3 is 0 Å². The van der Waals surface area contributed by atoms with Crippen molar-refractivity contribution in [2.45, 2.75) is 6.42 Å². The third-order valence-corrected chi connectivity index (χ3v) is 4.67. The van der Waals surface area contributed by atoms with Crippen LogP contribution in [0.2, 0.25) is 0 Å². The third-order valence-electron chi connectivity index (χ3n) is 4.67. The van der Waals surface area contributed by atoms with Crippen molar-refractivity contribution in [2.24, 2.45) is 5.92 Å². The van der Waals surface area contributed by atoms with Gasteiger partial charge in [0, 0.05) is 24.7 Å². The Labute approximate surface area is 168 Å². The predicted octanol–water partition coefficient (Wildman–Crippen LogP) is 1.81. The Morgan fingerprint density at radius 2 is 1.86 bits per heavy atom. The fourth-order valence-corrected chi connectivity index (χ4v) is 3.16. The molecule has 2 N–H and O–H groups in total. The second kappa shape index (κ2) is 9.09. The van der Waals surface area contributed by atoms with Gasteiger partial charge in [-0.2, -0.15) is 0 Å². The van der Waals surface area contributed by atoms with Crippen LogP contribution in [-0.4, -0.2) is 45.0 Å². The molecule has 1 saturated heterocycles. The van der Waals surface area contributed by atoms with E-state index < -0.39 is 11.8 Å². The number of nitrogens with one attached hydrogen (secondary N) is 2. The summed E-state index contributed by atoms with van der Waals surface area (Å²) in [5.41, 5.74) is 1.20. The van der Waals surface area contributed by atoms with Gasteiger partial charge in [-0.1, -0.05) is 18.2 Å². The first-order chi connectivity index (χ1) is 14.0. The summed E-state index contributed by atoms with van der Waals surface area (Å²) >= 11 is 0. The summed E-state index contributed by atoms with van der Waals surface area (Å²) in [5.74, 6) is -0.302. The Kier molecular flexibility index (Phi) is 6.33. The van der Waals surface area contributed by atoms with Gasteiger partial charge in [-0.25, -0.2) is 0 Å². The number of carbonyl (C=O) groups is 3. The fraction of sp³-hybridized carbons (Fsp3) is 0.286. The van der Waals surface area contributed by atoms with Gasteiger partial charge in [0.25, 0.3) is 0 Å². The molecule has 1 fully saturated rings. The van der Waals surface area contributed by atoms with E-state index in [9.17, 15) is 14.4 Å². The van der Waals surface area contributed by atoms with Crippen LogP contribution in [0.3, 0.4) is 0 Å². The van der Waals surface area contributed by atoms with Crippen molar-refractivity contribution in [3.63, 3.8) is 0 Å². The molecule has 3 rings (SSSR count). The lowest BCUT2D eigenvalue weighted by molar-refractivity contribution is -0.127. The highest BCUT2D eigenvalue weighted by Crippen LogP contribution is 2.29. The van der Waals surface area contributed by atoms with E-state index in [0.29, 0.717) is 23.7 Å². The molecule has 2 aromatic carbocycles. The number of benzene rings is 2. The molecule has 1 atom stereocenters. The number of nitrogens with zero attached hydrogens (tertiary/aromatic N) is 1. The number of hydrogen-bond acceptors (Lipinski definition) is 5. The van der Waals surface area contributed by atoms with Gasteiger partial charge in [-0.3, -0.25) is 14.4 Å². The van der Waals surface area contributed by atoms with Crippen LogP contribution in [0.25, 0.3) is 0 Å². The quantitative estimate of drug-likeness (QED) is 0.743. The molecule has 0 aromatic heterocycles. The van der Waals surface area contributed by atoms with Gasteiger partial charge in [0.2, 0.25) is 17.7 Å². The number of methoxy groups -OCH3 is 2. The first kappa shape index (κ1) is 20.2. The normalized spacial score (nSPS) is 15.7. The van der Waals surface area contributed by atoms with E-state index in [-0.39, 0.29) is 24.8 Å². The zero-order valence-corrected chi connectivity index (χ0v) is 16.3. The van der Waals surface area contributed by atoms with E-state index >= 15 is 0 Å². The van der Waals surface area contributed by atoms with Crippen LogP contribution in [0.1, 0.15) is 6.42 Å². The van der Waals surface area contributed by atoms with Crippen LogP contribution in [0.15, 0.2) is 48.5 Å². The average Bonchev–Trinajstić information content (AvgIpc) is 3.14. The van der Waals surface area contributed by atoms with Crippen molar-refractivity contribution in [3.8, 4) is 11.5 Å². The van der Waals surface area contributed by atoms with Crippen molar-refractivity contribution >= 4 is 29.1 Å². The lowest BCUT2D eigenvalue weighted by Gasteiger charge is -2.16. The number of hydrogen-bond donors (Lipinski definition) is 2. The Morgan fingerprint density at radius 1 is 1.10 bits per heavy atom. The summed E-state index contributed by atoms with van der Waals surface area (Å²) < 4.78 is 10.4. The summed E-state index contributed by atoms with van der Waals surface area (Å²) in [4.78, 5) is 38.5. The van der Waals surface area contributed by atoms with E-state index in [1.165, 1.54) is 14.2 Å². The minimum absolute atomic E-state index is 0.109. The molecule has 29 heavy (non-hydrogen) atoms. The lowest BCUT2D eigenvalue weighted by Crippen LogP contribution is -2.38.